The van der Waals surface area contributed by atoms with Crippen molar-refractivity contribution in [2.24, 2.45) is 11.8 Å². The molecule has 4 atom stereocenters. The number of carbonyl (C=O) groups excluding carboxylic acids is 3. The SMILES string of the molecule is Cc1cc(Oc2ccccc2)ccc1N1C(=O)NC2=C(C(=O)N3CC[C@H](NC(=O)/C(C#N)=C/C4CC4)C3)SC3NCCC1C23. The van der Waals surface area contributed by atoms with Crippen LogP contribution in [0.25, 0.3) is 0 Å². The highest BCUT2D eigenvalue weighted by molar-refractivity contribution is 8.04. The van der Waals surface area contributed by atoms with E-state index in [2.05, 4.69) is 16.0 Å². The summed E-state index contributed by atoms with van der Waals surface area (Å²) < 4.78 is 6.01. The number of ether oxygens (including phenoxy) is 1. The maximum atomic E-state index is 13.8. The van der Waals surface area contributed by atoms with Gasteiger partial charge in [0.25, 0.3) is 11.8 Å². The van der Waals surface area contributed by atoms with Gasteiger partial charge in [0, 0.05) is 36.4 Å². The Hall–Kier alpha value is -4.27. The standard InChI is InChI=1S/C33H34N6O4S/c1-19-15-24(43-23-5-3-2-4-6-23)9-10-25(19)39-26-11-13-35-31-27(26)28(37-33(39)42)29(44-31)32(41)38-14-12-22(18-38)36-30(40)21(17-34)16-20-7-8-20/h2-6,9-10,15-16,20,22,26-27,31,35H,7-8,11-14,18H2,1H3,(H,36,40)(H,37,42)/b21-16+/t22-,26?,27?,31?/m0/s1. The van der Waals surface area contributed by atoms with Crippen LogP contribution in [0.5, 0.6) is 11.5 Å². The van der Waals surface area contributed by atoms with Crippen molar-refractivity contribution in [3.05, 3.63) is 76.3 Å². The van der Waals surface area contributed by atoms with Gasteiger partial charge in [-0.3, -0.25) is 14.5 Å². The van der Waals surface area contributed by atoms with Crippen molar-refractivity contribution in [3.63, 3.8) is 0 Å². The molecule has 226 valence electrons. The van der Waals surface area contributed by atoms with Crippen molar-refractivity contribution < 1.29 is 19.1 Å². The van der Waals surface area contributed by atoms with E-state index in [0.29, 0.717) is 41.8 Å². The monoisotopic (exact) mass is 610 g/mol. The number of anilines is 1. The van der Waals surface area contributed by atoms with Crippen LogP contribution < -0.4 is 25.6 Å². The first-order valence-electron chi connectivity index (χ1n) is 15.2. The first-order chi connectivity index (χ1) is 21.4. The Balaban J connectivity index is 1.07. The van der Waals surface area contributed by atoms with E-state index in [1.165, 1.54) is 11.8 Å². The molecule has 10 nitrogen and oxygen atoms in total. The van der Waals surface area contributed by atoms with Gasteiger partial charge in [0.15, 0.2) is 0 Å². The number of thioether (sulfide) groups is 1. The van der Waals surface area contributed by atoms with E-state index in [0.717, 1.165) is 42.8 Å². The summed E-state index contributed by atoms with van der Waals surface area (Å²) in [6, 6.07) is 16.8. The molecule has 3 saturated heterocycles. The maximum Gasteiger partial charge on any atom is 0.326 e. The van der Waals surface area contributed by atoms with E-state index >= 15 is 0 Å². The summed E-state index contributed by atoms with van der Waals surface area (Å²) in [5, 5.41) is 19.0. The minimum Gasteiger partial charge on any atom is -0.457 e. The molecular weight excluding hydrogens is 576 g/mol. The van der Waals surface area contributed by atoms with Crippen LogP contribution in [0.4, 0.5) is 10.5 Å². The molecule has 7 rings (SSSR count). The van der Waals surface area contributed by atoms with Crippen molar-refractivity contribution in [3.8, 4) is 17.6 Å². The molecule has 4 fully saturated rings. The number of para-hydroxylation sites is 1. The number of urea groups is 1. The Kier molecular flexibility index (Phi) is 7.56. The highest BCUT2D eigenvalue weighted by Crippen LogP contribution is 2.49. The third-order valence-electron chi connectivity index (χ3n) is 8.94. The molecule has 4 aliphatic heterocycles. The summed E-state index contributed by atoms with van der Waals surface area (Å²) in [7, 11) is 0. The van der Waals surface area contributed by atoms with Gasteiger partial charge < -0.3 is 25.6 Å². The fraction of sp³-hybridized carbons (Fsp3) is 0.394. The van der Waals surface area contributed by atoms with E-state index in [1.54, 1.807) is 11.0 Å². The van der Waals surface area contributed by atoms with Crippen LogP contribution in [-0.4, -0.2) is 59.8 Å². The second-order valence-electron chi connectivity index (χ2n) is 12.0. The lowest BCUT2D eigenvalue weighted by molar-refractivity contribution is -0.125. The van der Waals surface area contributed by atoms with Gasteiger partial charge in [0.2, 0.25) is 0 Å². The third kappa shape index (κ3) is 5.44. The van der Waals surface area contributed by atoms with Gasteiger partial charge in [-0.2, -0.15) is 5.26 Å². The number of piperidine rings is 1. The van der Waals surface area contributed by atoms with Crippen molar-refractivity contribution in [2.45, 2.75) is 50.1 Å². The summed E-state index contributed by atoms with van der Waals surface area (Å²) in [5.74, 6) is 1.21. The normalized spacial score (nSPS) is 26.2. The molecule has 0 radical (unpaired) electrons. The number of likely N-dealkylation sites (tertiary alicyclic amines) is 1. The maximum absolute atomic E-state index is 13.8. The summed E-state index contributed by atoms with van der Waals surface area (Å²) in [5.41, 5.74) is 2.59. The molecule has 4 amide bonds. The van der Waals surface area contributed by atoms with Gasteiger partial charge in [-0.15, -0.1) is 0 Å². The molecule has 0 bridgehead atoms. The molecule has 11 heteroatoms. The number of carbonyl (C=O) groups is 3. The van der Waals surface area contributed by atoms with Gasteiger partial charge in [0.1, 0.15) is 23.1 Å². The largest absolute Gasteiger partial charge is 0.457 e. The smallest absolute Gasteiger partial charge is 0.326 e. The molecule has 2 aromatic rings. The van der Waals surface area contributed by atoms with E-state index in [4.69, 9.17) is 4.74 Å². The number of nitrogens with one attached hydrogen (secondary N) is 3. The zero-order valence-corrected chi connectivity index (χ0v) is 25.2. The Bertz CT molecular complexity index is 1610. The van der Waals surface area contributed by atoms with Crippen LogP contribution in [-0.2, 0) is 9.59 Å². The molecule has 4 heterocycles. The third-order valence-corrected chi connectivity index (χ3v) is 10.3. The topological polar surface area (TPSA) is 127 Å². The number of nitrogens with zero attached hydrogens (tertiary/aromatic N) is 3. The second kappa shape index (κ2) is 11.7. The van der Waals surface area contributed by atoms with Gasteiger partial charge in [-0.25, -0.2) is 4.79 Å². The van der Waals surface area contributed by atoms with Crippen LogP contribution in [0, 0.1) is 30.1 Å². The number of nitriles is 1. The molecule has 44 heavy (non-hydrogen) atoms. The van der Waals surface area contributed by atoms with Crippen LogP contribution in [0.15, 0.2) is 70.8 Å². The van der Waals surface area contributed by atoms with Gasteiger partial charge in [-0.05, 0) is 81.0 Å². The van der Waals surface area contributed by atoms with Crippen molar-refractivity contribution >= 4 is 35.3 Å². The summed E-state index contributed by atoms with van der Waals surface area (Å²) in [6.45, 7) is 3.58. The minimum atomic E-state index is -0.372. The Morgan fingerprint density at radius 3 is 2.68 bits per heavy atom. The summed E-state index contributed by atoms with van der Waals surface area (Å²) in [4.78, 5) is 44.4. The van der Waals surface area contributed by atoms with Crippen LogP contribution in [0.1, 0.15) is 31.2 Å². The molecule has 2 aromatic carbocycles. The first-order valence-corrected chi connectivity index (χ1v) is 16.1. The van der Waals surface area contributed by atoms with Crippen LogP contribution in [0.2, 0.25) is 0 Å². The number of allylic oxidation sites excluding steroid dienone is 1. The minimum absolute atomic E-state index is 0.0318. The highest BCUT2D eigenvalue weighted by Gasteiger charge is 2.52. The molecule has 1 aliphatic carbocycles. The lowest BCUT2D eigenvalue weighted by Crippen LogP contribution is -2.62. The van der Waals surface area contributed by atoms with E-state index in [1.807, 2.05) is 66.4 Å². The predicted molar refractivity (Wildman–Crippen MR) is 167 cm³/mol. The quantitative estimate of drug-likeness (QED) is 0.318. The number of amides is 4. The molecule has 1 saturated carbocycles. The molecule has 5 aliphatic rings. The summed E-state index contributed by atoms with van der Waals surface area (Å²) >= 11 is 1.49. The van der Waals surface area contributed by atoms with Crippen molar-refractivity contribution in [2.75, 3.05) is 24.5 Å². The molecule has 0 spiro atoms. The van der Waals surface area contributed by atoms with Crippen LogP contribution in [0.3, 0.4) is 0 Å². The fourth-order valence-electron chi connectivity index (χ4n) is 6.61. The lowest BCUT2D eigenvalue weighted by Gasteiger charge is -2.46. The Morgan fingerprint density at radius 1 is 1.11 bits per heavy atom. The highest BCUT2D eigenvalue weighted by atomic mass is 32.2. The van der Waals surface area contributed by atoms with Crippen LogP contribution >= 0.6 is 11.8 Å². The number of aryl methyl sites for hydroxylation is 1. The molecular formula is C33H34N6O4S. The molecule has 3 N–H and O–H groups in total. The average molecular weight is 611 g/mol. The first kappa shape index (κ1) is 28.5. The van der Waals surface area contributed by atoms with E-state index in [9.17, 15) is 19.6 Å². The number of hydrogen-bond acceptors (Lipinski definition) is 7. The predicted octanol–water partition coefficient (Wildman–Crippen LogP) is 4.16. The number of benzene rings is 2. The molecule has 3 unspecified atom stereocenters. The van der Waals surface area contributed by atoms with E-state index < -0.39 is 0 Å². The lowest BCUT2D eigenvalue weighted by atomic mass is 9.86. The number of rotatable bonds is 7. The van der Waals surface area contributed by atoms with E-state index in [-0.39, 0.29) is 46.8 Å². The second-order valence-corrected chi connectivity index (χ2v) is 13.2. The average Bonchev–Trinajstić information content (AvgIpc) is 3.60. The van der Waals surface area contributed by atoms with Crippen molar-refractivity contribution in [1.29, 1.82) is 5.26 Å². The Labute approximate surface area is 260 Å². The fourth-order valence-corrected chi connectivity index (χ4v) is 8.07. The Morgan fingerprint density at radius 2 is 1.93 bits per heavy atom. The number of hydrogen-bond donors (Lipinski definition) is 3. The van der Waals surface area contributed by atoms with Gasteiger partial charge in [-0.1, -0.05) is 36.0 Å². The van der Waals surface area contributed by atoms with Gasteiger partial charge in [0.05, 0.1) is 16.3 Å². The zero-order valence-electron chi connectivity index (χ0n) is 24.4. The zero-order chi connectivity index (χ0) is 30.4. The summed E-state index contributed by atoms with van der Waals surface area (Å²) in [6.07, 6.45) is 5.16. The van der Waals surface area contributed by atoms with Gasteiger partial charge >= 0.3 is 6.03 Å². The molecule has 0 aromatic heterocycles. The van der Waals surface area contributed by atoms with Crippen molar-refractivity contribution in [1.82, 2.24) is 20.9 Å².